The lowest BCUT2D eigenvalue weighted by atomic mass is 10.1. The zero-order chi connectivity index (χ0) is 13.7. The first kappa shape index (κ1) is 14.9. The van der Waals surface area contributed by atoms with Gasteiger partial charge in [-0.3, -0.25) is 4.68 Å². The van der Waals surface area contributed by atoms with Crippen molar-refractivity contribution in [2.24, 2.45) is 13.0 Å². The van der Waals surface area contributed by atoms with Crippen LogP contribution in [-0.2, 0) is 13.5 Å². The molecule has 0 aliphatic carbocycles. The summed E-state index contributed by atoms with van der Waals surface area (Å²) in [4.78, 5) is 2.34. The predicted octanol–water partition coefficient (Wildman–Crippen LogP) is 2.83. The van der Waals surface area contributed by atoms with E-state index < -0.39 is 0 Å². The molecule has 4 heteroatoms. The number of aryl methyl sites for hydroxylation is 2. The molecule has 1 aromatic heterocycles. The van der Waals surface area contributed by atoms with Gasteiger partial charge in [0, 0.05) is 20.1 Å². The van der Waals surface area contributed by atoms with E-state index in [9.17, 15) is 0 Å². The van der Waals surface area contributed by atoms with Crippen molar-refractivity contribution in [3.63, 3.8) is 0 Å². The van der Waals surface area contributed by atoms with E-state index in [0.29, 0.717) is 5.92 Å². The van der Waals surface area contributed by atoms with Crippen LogP contribution in [0.25, 0.3) is 0 Å². The van der Waals surface area contributed by atoms with Crippen LogP contribution in [0.1, 0.15) is 46.2 Å². The van der Waals surface area contributed by atoms with Gasteiger partial charge < -0.3 is 10.6 Å². The van der Waals surface area contributed by atoms with Gasteiger partial charge >= 0.3 is 0 Å². The summed E-state index contributed by atoms with van der Waals surface area (Å²) in [6.45, 7) is 10.9. The number of rotatable bonds is 7. The van der Waals surface area contributed by atoms with E-state index in [-0.39, 0.29) is 0 Å². The molecule has 0 aliphatic heterocycles. The van der Waals surface area contributed by atoms with Gasteiger partial charge in [-0.2, -0.15) is 5.10 Å². The molecule has 0 spiro atoms. The fourth-order valence-electron chi connectivity index (χ4n) is 2.25. The predicted molar refractivity (Wildman–Crippen MR) is 79.0 cm³/mol. The molecule has 1 atom stereocenters. The van der Waals surface area contributed by atoms with Crippen LogP contribution in [0.2, 0.25) is 0 Å². The van der Waals surface area contributed by atoms with Gasteiger partial charge in [-0.1, -0.05) is 33.6 Å². The van der Waals surface area contributed by atoms with E-state index in [4.69, 9.17) is 5.73 Å². The molecule has 0 fully saturated rings. The van der Waals surface area contributed by atoms with Gasteiger partial charge in [0.05, 0.1) is 11.4 Å². The molecule has 2 N–H and O–H groups in total. The Morgan fingerprint density at radius 2 is 2.00 bits per heavy atom. The maximum Gasteiger partial charge on any atom is 0.150 e. The summed E-state index contributed by atoms with van der Waals surface area (Å²) >= 11 is 0. The molecule has 18 heavy (non-hydrogen) atoms. The molecule has 1 heterocycles. The van der Waals surface area contributed by atoms with E-state index in [0.717, 1.165) is 43.1 Å². The quantitative estimate of drug-likeness (QED) is 0.811. The van der Waals surface area contributed by atoms with Crippen LogP contribution in [0.15, 0.2) is 0 Å². The minimum absolute atomic E-state index is 0.675. The fourth-order valence-corrected chi connectivity index (χ4v) is 2.25. The molecule has 104 valence electrons. The summed E-state index contributed by atoms with van der Waals surface area (Å²) in [6, 6.07) is 0. The Labute approximate surface area is 111 Å². The van der Waals surface area contributed by atoms with Gasteiger partial charge in [-0.15, -0.1) is 0 Å². The van der Waals surface area contributed by atoms with Gasteiger partial charge in [0.1, 0.15) is 5.82 Å². The van der Waals surface area contributed by atoms with E-state index >= 15 is 0 Å². The van der Waals surface area contributed by atoms with Crippen molar-refractivity contribution >= 4 is 11.5 Å². The molecule has 1 rings (SSSR count). The highest BCUT2D eigenvalue weighted by Crippen LogP contribution is 2.27. The zero-order valence-electron chi connectivity index (χ0n) is 12.5. The van der Waals surface area contributed by atoms with Gasteiger partial charge in [-0.05, 0) is 19.3 Å². The van der Waals surface area contributed by atoms with Crippen LogP contribution < -0.4 is 10.6 Å². The average Bonchev–Trinajstić information content (AvgIpc) is 2.62. The minimum Gasteiger partial charge on any atom is -0.394 e. The number of hydrogen-bond donors (Lipinski definition) is 1. The molecule has 0 saturated carbocycles. The Morgan fingerprint density at radius 1 is 1.33 bits per heavy atom. The van der Waals surface area contributed by atoms with E-state index in [1.807, 2.05) is 11.7 Å². The number of hydrogen-bond acceptors (Lipinski definition) is 3. The molecule has 1 unspecified atom stereocenters. The second-order valence-corrected chi connectivity index (χ2v) is 5.11. The summed E-state index contributed by atoms with van der Waals surface area (Å²) < 4.78 is 1.94. The number of aromatic nitrogens is 2. The third-order valence-electron chi connectivity index (χ3n) is 3.53. The Kier molecular flexibility index (Phi) is 5.51. The standard InChI is InChI=1S/C14H28N4/c1-6-9-12-13(15)14(17(5)16-12)18(8-3)10-11(4)7-2/h11H,6-10,15H2,1-5H3. The van der Waals surface area contributed by atoms with Crippen LogP contribution in [0.3, 0.4) is 0 Å². The lowest BCUT2D eigenvalue weighted by Gasteiger charge is -2.26. The molecule has 0 aromatic carbocycles. The molecule has 4 nitrogen and oxygen atoms in total. The SMILES string of the molecule is CCCc1nn(C)c(N(CC)CC(C)CC)c1N. The topological polar surface area (TPSA) is 47.1 Å². The number of nitrogens with zero attached hydrogens (tertiary/aromatic N) is 3. The Morgan fingerprint density at radius 3 is 2.50 bits per heavy atom. The van der Waals surface area contributed by atoms with Gasteiger partial charge in [0.25, 0.3) is 0 Å². The summed E-state index contributed by atoms with van der Waals surface area (Å²) in [5, 5.41) is 4.55. The fraction of sp³-hybridized carbons (Fsp3) is 0.786. The van der Waals surface area contributed by atoms with Gasteiger partial charge in [0.2, 0.25) is 0 Å². The first-order valence-corrected chi connectivity index (χ1v) is 7.11. The molecule has 0 radical (unpaired) electrons. The smallest absolute Gasteiger partial charge is 0.150 e. The lowest BCUT2D eigenvalue weighted by Crippen LogP contribution is -2.30. The van der Waals surface area contributed by atoms with Gasteiger partial charge in [0.15, 0.2) is 0 Å². The summed E-state index contributed by atoms with van der Waals surface area (Å²) in [6.07, 6.45) is 3.23. The third-order valence-corrected chi connectivity index (χ3v) is 3.53. The second-order valence-electron chi connectivity index (χ2n) is 5.11. The highest BCUT2D eigenvalue weighted by atomic mass is 15.4. The summed E-state index contributed by atoms with van der Waals surface area (Å²) in [5.41, 5.74) is 8.16. The molecular weight excluding hydrogens is 224 g/mol. The first-order valence-electron chi connectivity index (χ1n) is 7.11. The molecule has 1 aromatic rings. The van der Waals surface area contributed by atoms with Crippen LogP contribution >= 0.6 is 0 Å². The summed E-state index contributed by atoms with van der Waals surface area (Å²) in [5.74, 6) is 1.76. The normalized spacial score (nSPS) is 12.7. The Hall–Kier alpha value is -1.19. The van der Waals surface area contributed by atoms with E-state index in [1.54, 1.807) is 0 Å². The molecule has 0 saturated heterocycles. The van der Waals surface area contributed by atoms with Crippen molar-refractivity contribution in [3.05, 3.63) is 5.69 Å². The highest BCUT2D eigenvalue weighted by Gasteiger charge is 2.18. The van der Waals surface area contributed by atoms with Crippen molar-refractivity contribution in [2.45, 2.75) is 47.0 Å². The number of anilines is 2. The molecular formula is C14H28N4. The zero-order valence-corrected chi connectivity index (χ0v) is 12.5. The van der Waals surface area contributed by atoms with E-state index in [1.165, 1.54) is 6.42 Å². The number of nitrogens with two attached hydrogens (primary N) is 1. The van der Waals surface area contributed by atoms with Crippen LogP contribution in [0.4, 0.5) is 11.5 Å². The van der Waals surface area contributed by atoms with Crippen molar-refractivity contribution < 1.29 is 0 Å². The molecule has 0 aliphatic rings. The van der Waals surface area contributed by atoms with Crippen molar-refractivity contribution in [2.75, 3.05) is 23.7 Å². The maximum atomic E-state index is 6.26. The number of nitrogen functional groups attached to an aromatic ring is 1. The summed E-state index contributed by atoms with van der Waals surface area (Å²) in [7, 11) is 1.99. The van der Waals surface area contributed by atoms with Crippen LogP contribution in [0, 0.1) is 5.92 Å². The van der Waals surface area contributed by atoms with Crippen molar-refractivity contribution in [3.8, 4) is 0 Å². The largest absolute Gasteiger partial charge is 0.394 e. The van der Waals surface area contributed by atoms with Crippen LogP contribution in [0.5, 0.6) is 0 Å². The maximum absolute atomic E-state index is 6.26. The molecule has 0 bridgehead atoms. The van der Waals surface area contributed by atoms with Crippen molar-refractivity contribution in [1.29, 1.82) is 0 Å². The Bertz CT molecular complexity index is 370. The first-order chi connectivity index (χ1) is 8.54. The second kappa shape index (κ2) is 6.66. The lowest BCUT2D eigenvalue weighted by molar-refractivity contribution is 0.539. The Balaban J connectivity index is 2.98. The van der Waals surface area contributed by atoms with E-state index in [2.05, 4.69) is 37.7 Å². The minimum atomic E-state index is 0.675. The monoisotopic (exact) mass is 252 g/mol. The highest BCUT2D eigenvalue weighted by molar-refractivity contribution is 5.66. The average molecular weight is 252 g/mol. The third kappa shape index (κ3) is 3.18. The van der Waals surface area contributed by atoms with Crippen LogP contribution in [-0.4, -0.2) is 22.9 Å². The van der Waals surface area contributed by atoms with Crippen molar-refractivity contribution in [1.82, 2.24) is 9.78 Å². The molecule has 0 amide bonds. The van der Waals surface area contributed by atoms with Gasteiger partial charge in [-0.25, -0.2) is 0 Å².